The van der Waals surface area contributed by atoms with E-state index < -0.39 is 11.9 Å². The van der Waals surface area contributed by atoms with Crippen molar-refractivity contribution in [2.24, 2.45) is 5.92 Å². The average molecular weight is 324 g/mol. The lowest BCUT2D eigenvalue weighted by molar-refractivity contribution is -0.141. The Labute approximate surface area is 133 Å². The van der Waals surface area contributed by atoms with Crippen molar-refractivity contribution in [2.75, 3.05) is 18.0 Å². The number of alkyl halides is 3. The number of anilines is 1. The van der Waals surface area contributed by atoms with Crippen LogP contribution in [-0.4, -0.2) is 27.6 Å². The van der Waals surface area contributed by atoms with Crippen molar-refractivity contribution in [1.82, 2.24) is 14.5 Å². The molecule has 0 aliphatic carbocycles. The number of pyridine rings is 1. The van der Waals surface area contributed by atoms with Gasteiger partial charge in [-0.2, -0.15) is 13.2 Å². The number of nitrogens with zero attached hydrogens (tertiary/aromatic N) is 4. The molecule has 0 unspecified atom stereocenters. The molecule has 1 saturated heterocycles. The predicted octanol–water partition coefficient (Wildman–Crippen LogP) is 3.56. The number of hydrogen-bond acceptors (Lipinski definition) is 3. The number of hydrogen-bond donors (Lipinski definition) is 0. The molecular formula is C16H19F3N4. The molecule has 0 N–H and O–H groups in total. The fourth-order valence-electron chi connectivity index (χ4n) is 2.89. The van der Waals surface area contributed by atoms with E-state index in [2.05, 4.69) is 28.4 Å². The Bertz CT molecular complexity index is 655. The van der Waals surface area contributed by atoms with Crippen LogP contribution in [0.3, 0.4) is 0 Å². The maximum Gasteiger partial charge on any atom is 0.433 e. The molecule has 1 fully saturated rings. The van der Waals surface area contributed by atoms with Gasteiger partial charge in [0, 0.05) is 43.9 Å². The molecule has 23 heavy (non-hydrogen) atoms. The lowest BCUT2D eigenvalue weighted by atomic mass is 9.99. The van der Waals surface area contributed by atoms with Crippen LogP contribution >= 0.6 is 0 Å². The van der Waals surface area contributed by atoms with Crippen LogP contribution in [-0.2, 0) is 12.7 Å². The van der Waals surface area contributed by atoms with Crippen LogP contribution in [0.25, 0.3) is 0 Å². The normalized spacial score (nSPS) is 16.0. The molecule has 0 bridgehead atoms. The summed E-state index contributed by atoms with van der Waals surface area (Å²) < 4.78 is 39.7. The highest BCUT2D eigenvalue weighted by molar-refractivity contribution is 5.47. The van der Waals surface area contributed by atoms with Crippen molar-refractivity contribution in [1.29, 1.82) is 0 Å². The molecule has 124 valence electrons. The van der Waals surface area contributed by atoms with Gasteiger partial charge in [0.1, 0.15) is 11.5 Å². The molecular weight excluding hydrogens is 305 g/mol. The number of halogens is 3. The Hall–Kier alpha value is -2.05. The fraction of sp³-hybridized carbons (Fsp3) is 0.500. The van der Waals surface area contributed by atoms with Crippen LogP contribution in [0.1, 0.15) is 31.3 Å². The van der Waals surface area contributed by atoms with E-state index in [1.165, 1.54) is 12.3 Å². The molecule has 0 spiro atoms. The third-order valence-electron chi connectivity index (χ3n) is 4.08. The smallest absolute Gasteiger partial charge is 0.369 e. The summed E-state index contributed by atoms with van der Waals surface area (Å²) in [5, 5.41) is 0. The van der Waals surface area contributed by atoms with Crippen LogP contribution in [0.4, 0.5) is 18.9 Å². The second kappa shape index (κ2) is 5.86. The average Bonchev–Trinajstić information content (AvgIpc) is 2.90. The third kappa shape index (κ3) is 3.33. The van der Waals surface area contributed by atoms with Crippen molar-refractivity contribution >= 4 is 5.69 Å². The summed E-state index contributed by atoms with van der Waals surface area (Å²) in [7, 11) is 0. The molecule has 3 heterocycles. The first-order valence-electron chi connectivity index (χ1n) is 7.64. The number of aromatic nitrogens is 3. The highest BCUT2D eigenvalue weighted by Gasteiger charge is 2.33. The van der Waals surface area contributed by atoms with Crippen LogP contribution < -0.4 is 4.90 Å². The predicted molar refractivity (Wildman–Crippen MR) is 81.3 cm³/mol. The first-order valence-corrected chi connectivity index (χ1v) is 7.64. The van der Waals surface area contributed by atoms with E-state index in [4.69, 9.17) is 0 Å². The Kier molecular flexibility index (Phi) is 4.04. The van der Waals surface area contributed by atoms with E-state index in [9.17, 15) is 13.2 Å². The van der Waals surface area contributed by atoms with E-state index in [-0.39, 0.29) is 0 Å². The summed E-state index contributed by atoms with van der Waals surface area (Å²) in [4.78, 5) is 9.92. The zero-order valence-electron chi connectivity index (χ0n) is 13.1. The van der Waals surface area contributed by atoms with Gasteiger partial charge in [-0.1, -0.05) is 13.8 Å². The Morgan fingerprint density at radius 1 is 1.22 bits per heavy atom. The summed E-state index contributed by atoms with van der Waals surface area (Å²) in [5.41, 5.74) is -0.109. The highest BCUT2D eigenvalue weighted by atomic mass is 19.4. The number of imidazole rings is 1. The van der Waals surface area contributed by atoms with Crippen molar-refractivity contribution in [2.45, 2.75) is 32.5 Å². The highest BCUT2D eigenvalue weighted by Crippen LogP contribution is 2.30. The van der Waals surface area contributed by atoms with Gasteiger partial charge in [0.25, 0.3) is 0 Å². The van der Waals surface area contributed by atoms with Gasteiger partial charge in [-0.3, -0.25) is 0 Å². The van der Waals surface area contributed by atoms with Gasteiger partial charge in [0.2, 0.25) is 0 Å². The summed E-state index contributed by atoms with van der Waals surface area (Å²) in [6.45, 7) is 6.75. The van der Waals surface area contributed by atoms with Crippen LogP contribution in [0.15, 0.2) is 30.7 Å². The van der Waals surface area contributed by atoms with Crippen LogP contribution in [0, 0.1) is 5.92 Å². The standard InChI is InChI=1S/C16H19F3N4/c1-11(2)15-20-5-6-22(15)8-12-9-23(10-12)13-3-4-14(21-7-13)16(17,18)19/h3-7,11-12H,8-10H2,1-2H3. The van der Waals surface area contributed by atoms with Crippen molar-refractivity contribution < 1.29 is 13.2 Å². The van der Waals surface area contributed by atoms with Crippen molar-refractivity contribution in [3.05, 3.63) is 42.2 Å². The van der Waals surface area contributed by atoms with Crippen molar-refractivity contribution in [3.8, 4) is 0 Å². The largest absolute Gasteiger partial charge is 0.433 e. The second-order valence-corrected chi connectivity index (χ2v) is 6.26. The molecule has 1 aliphatic heterocycles. The van der Waals surface area contributed by atoms with Gasteiger partial charge in [-0.05, 0) is 12.1 Å². The monoisotopic (exact) mass is 324 g/mol. The minimum absolute atomic E-state index is 0.375. The maximum absolute atomic E-state index is 12.5. The van der Waals surface area contributed by atoms with Gasteiger partial charge in [0.05, 0.1) is 11.9 Å². The van der Waals surface area contributed by atoms with E-state index in [0.717, 1.165) is 37.2 Å². The summed E-state index contributed by atoms with van der Waals surface area (Å²) in [6.07, 6.45) is 0.712. The molecule has 0 aromatic carbocycles. The minimum atomic E-state index is -4.38. The maximum atomic E-state index is 12.5. The van der Waals surface area contributed by atoms with Crippen LogP contribution in [0.5, 0.6) is 0 Å². The topological polar surface area (TPSA) is 34.0 Å². The lowest BCUT2D eigenvalue weighted by Gasteiger charge is -2.41. The first kappa shape index (κ1) is 15.8. The Morgan fingerprint density at radius 3 is 2.52 bits per heavy atom. The van der Waals surface area contributed by atoms with E-state index in [0.29, 0.717) is 11.8 Å². The molecule has 2 aromatic rings. The fourth-order valence-corrected chi connectivity index (χ4v) is 2.89. The van der Waals surface area contributed by atoms with Crippen molar-refractivity contribution in [3.63, 3.8) is 0 Å². The van der Waals surface area contributed by atoms with E-state index >= 15 is 0 Å². The molecule has 0 saturated carbocycles. The summed E-state index contributed by atoms with van der Waals surface area (Å²) >= 11 is 0. The zero-order chi connectivity index (χ0) is 16.6. The first-order chi connectivity index (χ1) is 10.8. The van der Waals surface area contributed by atoms with Gasteiger partial charge in [0.15, 0.2) is 0 Å². The number of rotatable bonds is 4. The molecule has 4 nitrogen and oxygen atoms in total. The molecule has 0 amide bonds. The van der Waals surface area contributed by atoms with E-state index in [1.807, 2.05) is 17.3 Å². The summed E-state index contributed by atoms with van der Waals surface area (Å²) in [5.74, 6) is 1.92. The zero-order valence-corrected chi connectivity index (χ0v) is 13.1. The molecule has 3 rings (SSSR count). The van der Waals surface area contributed by atoms with E-state index in [1.54, 1.807) is 0 Å². The summed E-state index contributed by atoms with van der Waals surface area (Å²) in [6, 6.07) is 2.53. The third-order valence-corrected chi connectivity index (χ3v) is 4.08. The molecule has 7 heteroatoms. The molecule has 2 aromatic heterocycles. The van der Waals surface area contributed by atoms with Crippen LogP contribution in [0.2, 0.25) is 0 Å². The SMILES string of the molecule is CC(C)c1nccn1CC1CN(c2ccc(C(F)(F)F)nc2)C1. The minimum Gasteiger partial charge on any atom is -0.369 e. The molecule has 0 atom stereocenters. The Morgan fingerprint density at radius 2 is 1.96 bits per heavy atom. The van der Waals surface area contributed by atoms with Gasteiger partial charge >= 0.3 is 6.18 Å². The Balaban J connectivity index is 1.58. The quantitative estimate of drug-likeness (QED) is 0.862. The van der Waals surface area contributed by atoms with Gasteiger partial charge < -0.3 is 9.47 Å². The second-order valence-electron chi connectivity index (χ2n) is 6.26. The molecule has 1 aliphatic rings. The lowest BCUT2D eigenvalue weighted by Crippen LogP contribution is -2.48. The van der Waals surface area contributed by atoms with Gasteiger partial charge in [-0.15, -0.1) is 0 Å². The molecule has 0 radical (unpaired) electrons. The van der Waals surface area contributed by atoms with Gasteiger partial charge in [-0.25, -0.2) is 9.97 Å².